The number of nitrogens with zero attached hydrogens (tertiary/aromatic N) is 1. The van der Waals surface area contributed by atoms with Crippen molar-refractivity contribution in [3.63, 3.8) is 0 Å². The third-order valence-corrected chi connectivity index (χ3v) is 7.28. The van der Waals surface area contributed by atoms with Crippen LogP contribution in [-0.2, 0) is 31.2 Å². The molecule has 4 atom stereocenters. The minimum atomic E-state index is -0.967. The molecule has 0 unspecified atom stereocenters. The molecule has 5 rings (SSSR count). The summed E-state index contributed by atoms with van der Waals surface area (Å²) in [6.45, 7) is 4.41. The average molecular weight is 434 g/mol. The number of esters is 1. The lowest BCUT2D eigenvalue weighted by Crippen LogP contribution is -2.63. The third kappa shape index (κ3) is 2.75. The molecule has 6 heteroatoms. The lowest BCUT2D eigenvalue weighted by Gasteiger charge is -2.48. The highest BCUT2D eigenvalue weighted by Crippen LogP contribution is 2.65. The molecule has 1 amide bonds. The van der Waals surface area contributed by atoms with Gasteiger partial charge in [-0.25, -0.2) is 4.79 Å². The van der Waals surface area contributed by atoms with Crippen LogP contribution < -0.4 is 4.90 Å². The molecule has 2 aromatic rings. The zero-order valence-corrected chi connectivity index (χ0v) is 18.2. The lowest BCUT2D eigenvalue weighted by atomic mass is 9.63. The maximum Gasteiger partial charge on any atom is 0.414 e. The van der Waals surface area contributed by atoms with Crippen molar-refractivity contribution in [1.29, 1.82) is 0 Å². The van der Waals surface area contributed by atoms with Crippen LogP contribution in [-0.4, -0.2) is 30.8 Å². The van der Waals surface area contributed by atoms with Crippen molar-refractivity contribution in [3.8, 4) is 0 Å². The SMILES string of the molecule is C=CC[C@]12OC(=O)[C@@H]3C[C@H](OCc4ccccc4)CC[C@@]31N(C(=O)OC)c1ccccc12. The summed E-state index contributed by atoms with van der Waals surface area (Å²) in [5, 5.41) is 0. The summed E-state index contributed by atoms with van der Waals surface area (Å²) in [5.41, 5.74) is 0.840. The number of anilines is 1. The van der Waals surface area contributed by atoms with Crippen LogP contribution in [0, 0.1) is 5.92 Å². The van der Waals surface area contributed by atoms with E-state index in [1.807, 2.05) is 54.6 Å². The van der Waals surface area contributed by atoms with Crippen LogP contribution in [0.3, 0.4) is 0 Å². The molecule has 6 nitrogen and oxygen atoms in total. The van der Waals surface area contributed by atoms with Crippen molar-refractivity contribution in [2.75, 3.05) is 12.0 Å². The second-order valence-electron chi connectivity index (χ2n) is 8.73. The van der Waals surface area contributed by atoms with Crippen LogP contribution >= 0.6 is 0 Å². The predicted molar refractivity (Wildman–Crippen MR) is 119 cm³/mol. The number of carbonyl (C=O) groups excluding carboxylic acids is 2. The number of benzene rings is 2. The maximum atomic E-state index is 13.3. The summed E-state index contributed by atoms with van der Waals surface area (Å²) in [6, 6.07) is 17.6. The Morgan fingerprint density at radius 3 is 2.72 bits per heavy atom. The number of fused-ring (bicyclic) bond motifs is 2. The van der Waals surface area contributed by atoms with E-state index in [-0.39, 0.29) is 12.1 Å². The topological polar surface area (TPSA) is 65.1 Å². The van der Waals surface area contributed by atoms with Gasteiger partial charge in [-0.3, -0.25) is 9.69 Å². The molecule has 1 saturated heterocycles. The summed E-state index contributed by atoms with van der Waals surface area (Å²) < 4.78 is 17.6. The molecule has 2 fully saturated rings. The Balaban J connectivity index is 1.53. The van der Waals surface area contributed by atoms with Crippen LogP contribution in [0.4, 0.5) is 10.5 Å². The van der Waals surface area contributed by atoms with Crippen molar-refractivity contribution in [1.82, 2.24) is 0 Å². The highest BCUT2D eigenvalue weighted by atomic mass is 16.6. The quantitative estimate of drug-likeness (QED) is 0.504. The lowest BCUT2D eigenvalue weighted by molar-refractivity contribution is -0.152. The van der Waals surface area contributed by atoms with Gasteiger partial charge in [0.2, 0.25) is 0 Å². The number of ether oxygens (including phenoxy) is 3. The Labute approximate surface area is 187 Å². The van der Waals surface area contributed by atoms with Gasteiger partial charge in [-0.1, -0.05) is 54.6 Å². The number of hydrogen-bond donors (Lipinski definition) is 0. The summed E-state index contributed by atoms with van der Waals surface area (Å²) in [6.07, 6.45) is 3.39. The normalized spacial score (nSPS) is 30.2. The molecule has 0 bridgehead atoms. The number of carbonyl (C=O) groups is 2. The van der Waals surface area contributed by atoms with Crippen LogP contribution in [0.2, 0.25) is 0 Å². The Morgan fingerprint density at radius 1 is 1.22 bits per heavy atom. The minimum Gasteiger partial charge on any atom is -0.452 e. The van der Waals surface area contributed by atoms with E-state index in [0.29, 0.717) is 32.3 Å². The third-order valence-electron chi connectivity index (χ3n) is 7.28. The van der Waals surface area contributed by atoms with Gasteiger partial charge in [-0.05, 0) is 30.9 Å². The van der Waals surface area contributed by atoms with E-state index in [2.05, 4.69) is 6.58 Å². The second-order valence-corrected chi connectivity index (χ2v) is 8.73. The van der Waals surface area contributed by atoms with Gasteiger partial charge in [-0.15, -0.1) is 6.58 Å². The summed E-state index contributed by atoms with van der Waals surface area (Å²) in [5.74, 6) is -0.799. The second kappa shape index (κ2) is 7.78. The number of rotatable bonds is 5. The van der Waals surface area contributed by atoms with E-state index in [1.54, 1.807) is 11.0 Å². The largest absolute Gasteiger partial charge is 0.452 e. The first-order valence-electron chi connectivity index (χ1n) is 11.0. The Hall–Kier alpha value is -3.12. The first kappa shape index (κ1) is 20.8. The molecule has 166 valence electrons. The zero-order chi connectivity index (χ0) is 22.3. The molecule has 1 spiro atoms. The Morgan fingerprint density at radius 2 is 1.97 bits per heavy atom. The van der Waals surface area contributed by atoms with Crippen molar-refractivity contribution >= 4 is 17.7 Å². The molecule has 1 aliphatic carbocycles. The molecule has 2 heterocycles. The average Bonchev–Trinajstić information content (AvgIpc) is 3.20. The fraction of sp³-hybridized carbons (Fsp3) is 0.385. The van der Waals surface area contributed by atoms with Gasteiger partial charge in [0.1, 0.15) is 5.54 Å². The van der Waals surface area contributed by atoms with Gasteiger partial charge in [0.15, 0.2) is 5.60 Å². The summed E-state index contributed by atoms with van der Waals surface area (Å²) >= 11 is 0. The fourth-order valence-corrected chi connectivity index (χ4v) is 6.02. The number of hydrogen-bond acceptors (Lipinski definition) is 5. The van der Waals surface area contributed by atoms with Crippen molar-refractivity contribution in [2.24, 2.45) is 5.92 Å². The highest BCUT2D eigenvalue weighted by molar-refractivity contribution is 5.98. The van der Waals surface area contributed by atoms with Crippen molar-refractivity contribution in [2.45, 2.75) is 49.5 Å². The molecule has 0 N–H and O–H groups in total. The summed E-state index contributed by atoms with van der Waals surface area (Å²) in [7, 11) is 1.37. The molecule has 2 aromatic carbocycles. The molecule has 0 radical (unpaired) electrons. The first-order valence-corrected chi connectivity index (χ1v) is 11.0. The fourth-order valence-electron chi connectivity index (χ4n) is 6.02. The van der Waals surface area contributed by atoms with Gasteiger partial charge >= 0.3 is 12.1 Å². The monoisotopic (exact) mass is 433 g/mol. The van der Waals surface area contributed by atoms with Crippen LogP contribution in [0.25, 0.3) is 0 Å². The first-order chi connectivity index (χ1) is 15.6. The molecule has 2 aliphatic heterocycles. The molecule has 1 saturated carbocycles. The molecule has 32 heavy (non-hydrogen) atoms. The standard InChI is InChI=1S/C26H27NO5/c1-3-14-26-20-11-7-8-12-22(20)27(24(29)30-2)25(26)15-13-19(16-21(25)23(28)32-26)31-17-18-9-5-4-6-10-18/h3-12,19,21H,1,13-17H2,2H3/t19-,21+,25-,26-/m1/s1. The van der Waals surface area contributed by atoms with E-state index < -0.39 is 23.2 Å². The van der Waals surface area contributed by atoms with E-state index >= 15 is 0 Å². The van der Waals surface area contributed by atoms with E-state index in [0.717, 1.165) is 16.8 Å². The van der Waals surface area contributed by atoms with Gasteiger partial charge in [0.25, 0.3) is 0 Å². The summed E-state index contributed by atoms with van der Waals surface area (Å²) in [4.78, 5) is 28.1. The van der Waals surface area contributed by atoms with Gasteiger partial charge in [0.05, 0.1) is 31.4 Å². The zero-order valence-electron chi connectivity index (χ0n) is 18.2. The Bertz CT molecular complexity index is 1050. The minimum absolute atomic E-state index is 0.0962. The molecule has 3 aliphatic rings. The number of amides is 1. The predicted octanol–water partition coefficient (Wildman–Crippen LogP) is 4.73. The Kier molecular flexibility index (Phi) is 5.05. The van der Waals surface area contributed by atoms with Gasteiger partial charge in [0, 0.05) is 12.0 Å². The highest BCUT2D eigenvalue weighted by Gasteiger charge is 2.75. The van der Waals surface area contributed by atoms with Crippen molar-refractivity contribution < 1.29 is 23.8 Å². The van der Waals surface area contributed by atoms with Gasteiger partial charge in [-0.2, -0.15) is 0 Å². The van der Waals surface area contributed by atoms with Crippen LogP contribution in [0.1, 0.15) is 36.8 Å². The van der Waals surface area contributed by atoms with Crippen LogP contribution in [0.15, 0.2) is 67.3 Å². The molecular weight excluding hydrogens is 406 g/mol. The van der Waals surface area contributed by atoms with E-state index in [1.165, 1.54) is 7.11 Å². The molecular formula is C26H27NO5. The van der Waals surface area contributed by atoms with Crippen molar-refractivity contribution in [3.05, 3.63) is 78.4 Å². The van der Waals surface area contributed by atoms with Crippen LogP contribution in [0.5, 0.6) is 0 Å². The van der Waals surface area contributed by atoms with Gasteiger partial charge < -0.3 is 14.2 Å². The smallest absolute Gasteiger partial charge is 0.414 e. The number of para-hydroxylation sites is 1. The number of methoxy groups -OCH3 is 1. The van der Waals surface area contributed by atoms with E-state index in [4.69, 9.17) is 14.2 Å². The van der Waals surface area contributed by atoms with E-state index in [9.17, 15) is 9.59 Å². The maximum absolute atomic E-state index is 13.3. The molecule has 0 aromatic heterocycles.